The Balaban J connectivity index is 1.65. The lowest BCUT2D eigenvalue weighted by molar-refractivity contribution is -0.124. The van der Waals surface area contributed by atoms with Gasteiger partial charge in [0.25, 0.3) is 10.0 Å². The Kier molecular flexibility index (Phi) is 5.89. The largest absolute Gasteiger partial charge is 0.387 e. The number of aliphatic hydroxyl groups excluding tert-OH is 1. The van der Waals surface area contributed by atoms with Gasteiger partial charge in [-0.3, -0.25) is 4.79 Å². The van der Waals surface area contributed by atoms with Crippen LogP contribution in [0.1, 0.15) is 24.5 Å². The lowest BCUT2D eigenvalue weighted by Crippen LogP contribution is -2.46. The molecule has 27 heavy (non-hydrogen) atoms. The smallest absolute Gasteiger partial charge is 0.253 e. The van der Waals surface area contributed by atoms with Gasteiger partial charge in [0.2, 0.25) is 5.91 Å². The van der Waals surface area contributed by atoms with Crippen molar-refractivity contribution in [2.75, 3.05) is 13.1 Å². The van der Waals surface area contributed by atoms with Crippen molar-refractivity contribution in [3.63, 3.8) is 0 Å². The van der Waals surface area contributed by atoms with Crippen molar-refractivity contribution in [1.82, 2.24) is 9.62 Å². The number of aliphatic hydroxyl groups is 1. The Morgan fingerprint density at radius 2 is 2.11 bits per heavy atom. The van der Waals surface area contributed by atoms with Crippen LogP contribution in [0.4, 0.5) is 8.78 Å². The van der Waals surface area contributed by atoms with E-state index in [2.05, 4.69) is 5.32 Å². The second kappa shape index (κ2) is 8.01. The standard InChI is InChI=1S/C17H18F2N2O4S2/c18-12-6-5-11(9-13(12)19)15(22)10-20-17(23)14-3-1-7-21(14)27(24,25)16-4-2-8-26-16/h2,4-6,8-9,14-15,22H,1,3,7,10H2,(H,20,23). The van der Waals surface area contributed by atoms with Gasteiger partial charge in [-0.25, -0.2) is 17.2 Å². The van der Waals surface area contributed by atoms with Crippen molar-refractivity contribution in [3.05, 3.63) is 52.9 Å². The van der Waals surface area contributed by atoms with Crippen LogP contribution in [0.5, 0.6) is 0 Å². The van der Waals surface area contributed by atoms with E-state index >= 15 is 0 Å². The maximum atomic E-state index is 13.3. The minimum atomic E-state index is -3.75. The number of nitrogens with one attached hydrogen (secondary N) is 1. The Bertz CT molecular complexity index is 919. The summed E-state index contributed by atoms with van der Waals surface area (Å²) in [6.07, 6.45) is -0.320. The SMILES string of the molecule is O=C(NCC(O)c1ccc(F)c(F)c1)C1CCCN1S(=O)(=O)c1cccs1. The average Bonchev–Trinajstić information content (AvgIpc) is 3.33. The third-order valence-electron chi connectivity index (χ3n) is 4.36. The Hall–Kier alpha value is -1.88. The molecule has 3 rings (SSSR count). The zero-order chi connectivity index (χ0) is 19.6. The minimum absolute atomic E-state index is 0.115. The average molecular weight is 416 g/mol. The monoisotopic (exact) mass is 416 g/mol. The van der Waals surface area contributed by atoms with Gasteiger partial charge in [-0.15, -0.1) is 11.3 Å². The molecular weight excluding hydrogens is 398 g/mol. The van der Waals surface area contributed by atoms with Crippen LogP contribution in [0.15, 0.2) is 39.9 Å². The van der Waals surface area contributed by atoms with Crippen LogP contribution in [-0.4, -0.2) is 42.9 Å². The fourth-order valence-corrected chi connectivity index (χ4v) is 5.74. The Labute approximate surface area is 159 Å². The van der Waals surface area contributed by atoms with E-state index in [1.54, 1.807) is 11.4 Å². The lowest BCUT2D eigenvalue weighted by atomic mass is 10.1. The summed E-state index contributed by atoms with van der Waals surface area (Å²) in [5.41, 5.74) is 0.115. The zero-order valence-electron chi connectivity index (χ0n) is 14.1. The van der Waals surface area contributed by atoms with Crippen molar-refractivity contribution in [2.45, 2.75) is 29.2 Å². The van der Waals surface area contributed by atoms with Crippen molar-refractivity contribution >= 4 is 27.3 Å². The van der Waals surface area contributed by atoms with Crippen LogP contribution in [-0.2, 0) is 14.8 Å². The number of rotatable bonds is 6. The summed E-state index contributed by atoms with van der Waals surface area (Å²) in [5, 5.41) is 14.2. The molecule has 0 saturated carbocycles. The summed E-state index contributed by atoms with van der Waals surface area (Å²) in [6, 6.07) is 5.21. The van der Waals surface area contributed by atoms with Gasteiger partial charge in [0.15, 0.2) is 11.6 Å². The topological polar surface area (TPSA) is 86.7 Å². The Morgan fingerprint density at radius 3 is 2.78 bits per heavy atom. The molecule has 0 bridgehead atoms. The molecule has 0 radical (unpaired) electrons. The van der Waals surface area contributed by atoms with Crippen LogP contribution in [0.25, 0.3) is 0 Å². The van der Waals surface area contributed by atoms with Crippen LogP contribution in [0.2, 0.25) is 0 Å². The predicted octanol–water partition coefficient (Wildman–Crippen LogP) is 2.03. The number of hydrogen-bond donors (Lipinski definition) is 2. The molecule has 146 valence electrons. The van der Waals surface area contributed by atoms with Crippen molar-refractivity contribution in [2.24, 2.45) is 0 Å². The highest BCUT2D eigenvalue weighted by atomic mass is 32.2. The minimum Gasteiger partial charge on any atom is -0.387 e. The van der Waals surface area contributed by atoms with E-state index in [1.807, 2.05) is 0 Å². The van der Waals surface area contributed by atoms with Gasteiger partial charge in [-0.05, 0) is 42.0 Å². The lowest BCUT2D eigenvalue weighted by Gasteiger charge is -2.23. The molecule has 2 atom stereocenters. The van der Waals surface area contributed by atoms with Crippen molar-refractivity contribution in [3.8, 4) is 0 Å². The number of hydrogen-bond acceptors (Lipinski definition) is 5. The summed E-state index contributed by atoms with van der Waals surface area (Å²) >= 11 is 1.08. The molecule has 0 aliphatic carbocycles. The second-order valence-electron chi connectivity index (χ2n) is 6.14. The normalized spacial score (nSPS) is 19.1. The highest BCUT2D eigenvalue weighted by Crippen LogP contribution is 2.28. The summed E-state index contributed by atoms with van der Waals surface area (Å²) in [6.45, 7) is -0.00264. The first-order chi connectivity index (χ1) is 12.8. The number of nitrogens with zero attached hydrogens (tertiary/aromatic N) is 1. The Morgan fingerprint density at radius 1 is 1.33 bits per heavy atom. The van der Waals surface area contributed by atoms with E-state index in [9.17, 15) is 27.1 Å². The summed E-state index contributed by atoms with van der Waals surface area (Å²) < 4.78 is 52.9. The molecule has 1 aromatic heterocycles. The molecule has 2 N–H and O–H groups in total. The van der Waals surface area contributed by atoms with E-state index in [0.29, 0.717) is 12.8 Å². The second-order valence-corrected chi connectivity index (χ2v) is 9.21. The predicted molar refractivity (Wildman–Crippen MR) is 95.6 cm³/mol. The fourth-order valence-electron chi connectivity index (χ4n) is 2.97. The third kappa shape index (κ3) is 4.18. The van der Waals surface area contributed by atoms with E-state index in [0.717, 1.165) is 27.8 Å². The third-order valence-corrected chi connectivity index (χ3v) is 7.64. The fraction of sp³-hybridized carbons (Fsp3) is 0.353. The van der Waals surface area contributed by atoms with Gasteiger partial charge in [-0.1, -0.05) is 12.1 Å². The van der Waals surface area contributed by atoms with Gasteiger partial charge >= 0.3 is 0 Å². The molecule has 1 aliphatic heterocycles. The van der Waals surface area contributed by atoms with Crippen molar-refractivity contribution in [1.29, 1.82) is 0 Å². The zero-order valence-corrected chi connectivity index (χ0v) is 15.8. The van der Waals surface area contributed by atoms with Crippen LogP contribution >= 0.6 is 11.3 Å². The first-order valence-corrected chi connectivity index (χ1v) is 10.6. The molecule has 1 amide bonds. The number of thiophene rings is 1. The molecule has 1 aromatic carbocycles. The summed E-state index contributed by atoms with van der Waals surface area (Å²) in [5.74, 6) is -2.66. The maximum absolute atomic E-state index is 13.3. The summed E-state index contributed by atoms with van der Waals surface area (Å²) in [4.78, 5) is 12.5. The highest BCUT2D eigenvalue weighted by Gasteiger charge is 2.39. The number of amides is 1. The van der Waals surface area contributed by atoms with Gasteiger partial charge in [0.1, 0.15) is 10.3 Å². The number of halogens is 2. The van der Waals surface area contributed by atoms with Gasteiger partial charge in [-0.2, -0.15) is 4.31 Å². The molecule has 2 unspecified atom stereocenters. The molecular formula is C17H18F2N2O4S2. The molecule has 1 aliphatic rings. The maximum Gasteiger partial charge on any atom is 0.253 e. The first kappa shape index (κ1) is 19.9. The van der Waals surface area contributed by atoms with Gasteiger partial charge < -0.3 is 10.4 Å². The number of carbonyl (C=O) groups excluding carboxylic acids is 1. The first-order valence-electron chi connectivity index (χ1n) is 8.27. The molecule has 10 heteroatoms. The molecule has 6 nitrogen and oxygen atoms in total. The van der Waals surface area contributed by atoms with Crippen LogP contribution < -0.4 is 5.32 Å². The van der Waals surface area contributed by atoms with Gasteiger partial charge in [0, 0.05) is 13.1 Å². The van der Waals surface area contributed by atoms with Crippen molar-refractivity contribution < 1.29 is 27.1 Å². The molecule has 2 aromatic rings. The van der Waals surface area contributed by atoms with E-state index < -0.39 is 39.7 Å². The summed E-state index contributed by atoms with van der Waals surface area (Å²) in [7, 11) is -3.75. The molecule has 2 heterocycles. The highest BCUT2D eigenvalue weighted by molar-refractivity contribution is 7.91. The van der Waals surface area contributed by atoms with E-state index in [-0.39, 0.29) is 22.9 Å². The van der Waals surface area contributed by atoms with E-state index in [1.165, 1.54) is 12.1 Å². The van der Waals surface area contributed by atoms with Crippen LogP contribution in [0, 0.1) is 11.6 Å². The molecule has 0 spiro atoms. The molecule has 1 fully saturated rings. The van der Waals surface area contributed by atoms with E-state index in [4.69, 9.17) is 0 Å². The number of benzene rings is 1. The quantitative estimate of drug-likeness (QED) is 0.755. The number of sulfonamides is 1. The van der Waals surface area contributed by atoms with Gasteiger partial charge in [0.05, 0.1) is 6.10 Å². The molecule has 1 saturated heterocycles. The van der Waals surface area contributed by atoms with Crippen LogP contribution in [0.3, 0.4) is 0 Å². The number of carbonyl (C=O) groups is 1.